The second-order valence-electron chi connectivity index (χ2n) is 7.08. The molecule has 22 heavy (non-hydrogen) atoms. The van der Waals surface area contributed by atoms with E-state index >= 15 is 0 Å². The van der Waals surface area contributed by atoms with Gasteiger partial charge < -0.3 is 19.3 Å². The van der Waals surface area contributed by atoms with Crippen molar-refractivity contribution in [3.63, 3.8) is 0 Å². The normalized spacial score (nSPS) is 36.0. The molecule has 1 N–H and O–H groups in total. The maximum atomic E-state index is 10.7. The first-order chi connectivity index (χ1) is 10.5. The summed E-state index contributed by atoms with van der Waals surface area (Å²) in [6.07, 6.45) is 8.71. The zero-order chi connectivity index (χ0) is 16.0. The summed E-state index contributed by atoms with van der Waals surface area (Å²) >= 11 is 0. The van der Waals surface area contributed by atoms with Gasteiger partial charge in [0.25, 0.3) is 0 Å². The summed E-state index contributed by atoms with van der Waals surface area (Å²) < 4.78 is 16.4. The summed E-state index contributed by atoms with van der Waals surface area (Å²) in [5.74, 6) is 1.31. The fraction of sp³-hybridized carbons (Fsp3) is 0.941. The van der Waals surface area contributed by atoms with E-state index in [1.54, 1.807) is 6.92 Å². The molecule has 5 heteroatoms. The van der Waals surface area contributed by atoms with Gasteiger partial charge in [-0.15, -0.1) is 0 Å². The number of ether oxygens (including phenoxy) is 3. The molecule has 5 nitrogen and oxygen atoms in total. The zero-order valence-electron chi connectivity index (χ0n) is 13.9. The van der Waals surface area contributed by atoms with Crippen LogP contribution in [0.25, 0.3) is 0 Å². The number of unbranched alkanes of at least 4 members (excludes halogenated alkanes) is 2. The van der Waals surface area contributed by atoms with E-state index in [2.05, 4.69) is 6.92 Å². The van der Waals surface area contributed by atoms with Crippen molar-refractivity contribution in [3.05, 3.63) is 0 Å². The molecule has 128 valence electrons. The first kappa shape index (κ1) is 17.5. The minimum Gasteiger partial charge on any atom is -0.450 e. The number of rotatable bonds is 6. The summed E-state index contributed by atoms with van der Waals surface area (Å²) in [6, 6.07) is 0. The Kier molecular flexibility index (Phi) is 6.50. The van der Waals surface area contributed by atoms with Crippen LogP contribution >= 0.6 is 0 Å². The molecule has 0 radical (unpaired) electrons. The third-order valence-corrected chi connectivity index (χ3v) is 4.93. The average molecular weight is 314 g/mol. The van der Waals surface area contributed by atoms with Gasteiger partial charge >= 0.3 is 6.16 Å². The van der Waals surface area contributed by atoms with Crippen molar-refractivity contribution in [2.45, 2.75) is 77.1 Å². The molecule has 1 saturated heterocycles. The largest absolute Gasteiger partial charge is 0.506 e. The van der Waals surface area contributed by atoms with Gasteiger partial charge in [-0.2, -0.15) is 0 Å². The van der Waals surface area contributed by atoms with Crippen LogP contribution in [-0.4, -0.2) is 36.4 Å². The Morgan fingerprint density at radius 2 is 1.82 bits per heavy atom. The summed E-state index contributed by atoms with van der Waals surface area (Å²) in [4.78, 5) is 10.7. The van der Waals surface area contributed by atoms with E-state index in [4.69, 9.17) is 19.3 Å². The molecule has 2 fully saturated rings. The third kappa shape index (κ3) is 5.13. The quantitative estimate of drug-likeness (QED) is 0.588. The first-order valence-corrected chi connectivity index (χ1v) is 8.67. The Balaban J connectivity index is 1.69. The van der Waals surface area contributed by atoms with Gasteiger partial charge in [-0.25, -0.2) is 4.79 Å². The van der Waals surface area contributed by atoms with E-state index < -0.39 is 11.8 Å². The lowest BCUT2D eigenvalue weighted by Gasteiger charge is -2.40. The van der Waals surface area contributed by atoms with Crippen LogP contribution in [0.2, 0.25) is 0 Å². The average Bonchev–Trinajstić information content (AvgIpc) is 2.48. The van der Waals surface area contributed by atoms with Crippen LogP contribution in [0.3, 0.4) is 0 Å². The first-order valence-electron chi connectivity index (χ1n) is 8.67. The van der Waals surface area contributed by atoms with Crippen molar-refractivity contribution < 1.29 is 24.1 Å². The van der Waals surface area contributed by atoms with Crippen LogP contribution in [0.1, 0.15) is 65.2 Å². The Labute approximate surface area is 133 Å². The molecule has 0 unspecified atom stereocenters. The number of hydrogen-bond donors (Lipinski definition) is 1. The van der Waals surface area contributed by atoms with Crippen molar-refractivity contribution in [2.24, 2.45) is 11.8 Å². The maximum Gasteiger partial charge on any atom is 0.506 e. The Morgan fingerprint density at radius 3 is 2.36 bits per heavy atom. The fourth-order valence-electron chi connectivity index (χ4n) is 3.58. The molecule has 0 aromatic rings. The monoisotopic (exact) mass is 314 g/mol. The topological polar surface area (TPSA) is 65.0 Å². The van der Waals surface area contributed by atoms with Crippen LogP contribution in [0, 0.1) is 11.8 Å². The second kappa shape index (κ2) is 8.16. The van der Waals surface area contributed by atoms with Gasteiger partial charge in [-0.05, 0) is 38.5 Å². The molecule has 0 bridgehead atoms. The summed E-state index contributed by atoms with van der Waals surface area (Å²) in [7, 11) is 0. The molecule has 1 saturated carbocycles. The molecule has 1 aliphatic carbocycles. The smallest absolute Gasteiger partial charge is 0.450 e. The summed E-state index contributed by atoms with van der Waals surface area (Å²) in [6.45, 7) is 4.51. The molecule has 0 amide bonds. The molecular formula is C17H30O5. The molecule has 1 aliphatic heterocycles. The minimum atomic E-state index is -1.28. The van der Waals surface area contributed by atoms with E-state index in [9.17, 15) is 4.79 Å². The molecule has 0 spiro atoms. The van der Waals surface area contributed by atoms with Gasteiger partial charge in [0, 0.05) is 5.92 Å². The van der Waals surface area contributed by atoms with E-state index in [1.165, 1.54) is 38.5 Å². The van der Waals surface area contributed by atoms with E-state index in [-0.39, 0.29) is 19.5 Å². The highest BCUT2D eigenvalue weighted by Gasteiger charge is 2.39. The predicted octanol–water partition coefficient (Wildman–Crippen LogP) is 4.20. The second-order valence-corrected chi connectivity index (χ2v) is 7.08. The number of carboxylic acid groups (broad SMARTS) is 1. The van der Waals surface area contributed by atoms with E-state index in [0.717, 1.165) is 18.8 Å². The highest BCUT2D eigenvalue weighted by molar-refractivity contribution is 5.57. The van der Waals surface area contributed by atoms with Crippen molar-refractivity contribution in [3.8, 4) is 0 Å². The van der Waals surface area contributed by atoms with Crippen LogP contribution < -0.4 is 0 Å². The van der Waals surface area contributed by atoms with E-state index in [0.29, 0.717) is 5.92 Å². The van der Waals surface area contributed by atoms with Gasteiger partial charge in [-0.1, -0.05) is 32.6 Å². The van der Waals surface area contributed by atoms with Crippen LogP contribution in [-0.2, 0) is 14.2 Å². The van der Waals surface area contributed by atoms with Gasteiger partial charge in [-0.3, -0.25) is 0 Å². The molecule has 0 atom stereocenters. The van der Waals surface area contributed by atoms with Crippen molar-refractivity contribution in [1.82, 2.24) is 0 Å². The van der Waals surface area contributed by atoms with Gasteiger partial charge in [0.05, 0.1) is 13.2 Å². The lowest BCUT2D eigenvalue weighted by molar-refractivity contribution is -0.269. The number of hydrogen-bond acceptors (Lipinski definition) is 4. The minimum absolute atomic E-state index is 0.193. The van der Waals surface area contributed by atoms with Gasteiger partial charge in [0.1, 0.15) is 0 Å². The summed E-state index contributed by atoms with van der Waals surface area (Å²) in [5, 5.41) is 8.73. The molecule has 2 rings (SSSR count). The van der Waals surface area contributed by atoms with Gasteiger partial charge in [0.2, 0.25) is 0 Å². The molecule has 2 aliphatic rings. The Bertz CT molecular complexity index is 341. The molecule has 0 aromatic carbocycles. The SMILES string of the molecule is CCCCCC1CCC([C@H]2OC[C@](C)(OC(=O)O)CO2)CC1. The molecule has 1 heterocycles. The Hall–Kier alpha value is -0.810. The van der Waals surface area contributed by atoms with E-state index in [1.807, 2.05) is 0 Å². The lowest BCUT2D eigenvalue weighted by atomic mass is 9.79. The third-order valence-electron chi connectivity index (χ3n) is 4.93. The van der Waals surface area contributed by atoms with Crippen LogP contribution in [0.5, 0.6) is 0 Å². The van der Waals surface area contributed by atoms with Crippen molar-refractivity contribution >= 4 is 6.16 Å². The standard InChI is InChI=1S/C17H30O5/c1-3-4-5-6-13-7-9-14(10-8-13)15-20-11-17(2,12-21-15)22-16(18)19/h13-15H,3-12H2,1-2H3,(H,18,19)/t13?,14?,15-,17-. The van der Waals surface area contributed by atoms with Crippen molar-refractivity contribution in [1.29, 1.82) is 0 Å². The molecule has 0 aromatic heterocycles. The van der Waals surface area contributed by atoms with Crippen molar-refractivity contribution in [2.75, 3.05) is 13.2 Å². The van der Waals surface area contributed by atoms with Crippen LogP contribution in [0.15, 0.2) is 0 Å². The highest BCUT2D eigenvalue weighted by Crippen LogP contribution is 2.36. The zero-order valence-corrected chi connectivity index (χ0v) is 13.9. The fourth-order valence-corrected chi connectivity index (χ4v) is 3.58. The lowest BCUT2D eigenvalue weighted by Crippen LogP contribution is -2.50. The molecular weight excluding hydrogens is 284 g/mol. The Morgan fingerprint density at radius 1 is 1.18 bits per heavy atom. The van der Waals surface area contributed by atoms with Crippen LogP contribution in [0.4, 0.5) is 4.79 Å². The highest BCUT2D eigenvalue weighted by atomic mass is 16.7. The number of carbonyl (C=O) groups is 1. The van der Waals surface area contributed by atoms with Gasteiger partial charge in [0.15, 0.2) is 11.9 Å². The predicted molar refractivity (Wildman–Crippen MR) is 82.8 cm³/mol. The maximum absolute atomic E-state index is 10.7. The summed E-state index contributed by atoms with van der Waals surface area (Å²) in [5.41, 5.74) is -0.875.